The van der Waals surface area contributed by atoms with Gasteiger partial charge in [0.1, 0.15) is 5.75 Å². The summed E-state index contributed by atoms with van der Waals surface area (Å²) in [7, 11) is 1.96. The van der Waals surface area contributed by atoms with Gasteiger partial charge < -0.3 is 10.1 Å². The minimum atomic E-state index is 0.767. The highest BCUT2D eigenvalue weighted by Gasteiger charge is 1.98. The standard InChI is InChI=1S/C12H18ClNO/c1-10-9-11(5-6-12(10)13)15-8-4-3-7-14-2/h5-6,9,14H,3-4,7-8H2,1-2H3. The molecule has 0 bridgehead atoms. The van der Waals surface area contributed by atoms with Gasteiger partial charge in [-0.05, 0) is 57.1 Å². The van der Waals surface area contributed by atoms with Crippen molar-refractivity contribution in [1.29, 1.82) is 0 Å². The molecule has 3 heteroatoms. The molecule has 1 rings (SSSR count). The monoisotopic (exact) mass is 227 g/mol. The molecule has 84 valence electrons. The Bertz CT molecular complexity index is 302. The summed E-state index contributed by atoms with van der Waals surface area (Å²) in [6, 6.07) is 5.76. The van der Waals surface area contributed by atoms with Crippen molar-refractivity contribution in [3.05, 3.63) is 28.8 Å². The Labute approximate surface area is 96.6 Å². The smallest absolute Gasteiger partial charge is 0.119 e. The van der Waals surface area contributed by atoms with Crippen LogP contribution in [-0.4, -0.2) is 20.2 Å². The predicted molar refractivity (Wildman–Crippen MR) is 64.8 cm³/mol. The van der Waals surface area contributed by atoms with Crippen LogP contribution in [0.4, 0.5) is 0 Å². The molecule has 2 nitrogen and oxygen atoms in total. The minimum Gasteiger partial charge on any atom is -0.494 e. The van der Waals surface area contributed by atoms with Crippen LogP contribution in [0, 0.1) is 6.92 Å². The van der Waals surface area contributed by atoms with E-state index in [0.29, 0.717) is 0 Å². The van der Waals surface area contributed by atoms with E-state index in [-0.39, 0.29) is 0 Å². The first-order valence-electron chi connectivity index (χ1n) is 5.27. The maximum absolute atomic E-state index is 5.92. The van der Waals surface area contributed by atoms with E-state index in [1.807, 2.05) is 32.2 Å². The minimum absolute atomic E-state index is 0.767. The average Bonchev–Trinajstić information content (AvgIpc) is 2.23. The Hall–Kier alpha value is -0.730. The topological polar surface area (TPSA) is 21.3 Å². The second-order valence-electron chi connectivity index (χ2n) is 3.57. The summed E-state index contributed by atoms with van der Waals surface area (Å²) in [6.45, 7) is 3.79. The first kappa shape index (κ1) is 12.3. The molecule has 0 aliphatic rings. The SMILES string of the molecule is CNCCCCOc1ccc(Cl)c(C)c1. The Kier molecular flexibility index (Phi) is 5.51. The van der Waals surface area contributed by atoms with Gasteiger partial charge in [0.2, 0.25) is 0 Å². The molecule has 0 aliphatic carbocycles. The lowest BCUT2D eigenvalue weighted by Crippen LogP contribution is -2.09. The van der Waals surface area contributed by atoms with E-state index in [1.165, 1.54) is 0 Å². The van der Waals surface area contributed by atoms with Crippen LogP contribution in [0.1, 0.15) is 18.4 Å². The molecular weight excluding hydrogens is 210 g/mol. The maximum Gasteiger partial charge on any atom is 0.119 e. The Morgan fingerprint density at radius 2 is 2.13 bits per heavy atom. The molecule has 1 aromatic rings. The molecule has 0 radical (unpaired) electrons. The molecule has 0 atom stereocenters. The Morgan fingerprint density at radius 1 is 1.33 bits per heavy atom. The fourth-order valence-electron chi connectivity index (χ4n) is 1.30. The Balaban J connectivity index is 2.28. The van der Waals surface area contributed by atoms with Crippen LogP contribution >= 0.6 is 11.6 Å². The van der Waals surface area contributed by atoms with E-state index in [4.69, 9.17) is 16.3 Å². The number of aryl methyl sites for hydroxylation is 1. The molecule has 0 fully saturated rings. The highest BCUT2D eigenvalue weighted by Crippen LogP contribution is 2.21. The average molecular weight is 228 g/mol. The normalized spacial score (nSPS) is 10.3. The summed E-state index contributed by atoms with van der Waals surface area (Å²) < 4.78 is 5.60. The van der Waals surface area contributed by atoms with Crippen molar-refractivity contribution in [1.82, 2.24) is 5.32 Å². The summed E-state index contributed by atoms with van der Waals surface area (Å²) in [5, 5.41) is 3.90. The van der Waals surface area contributed by atoms with Gasteiger partial charge in [-0.1, -0.05) is 11.6 Å². The summed E-state index contributed by atoms with van der Waals surface area (Å²) in [5.74, 6) is 0.904. The van der Waals surface area contributed by atoms with Crippen molar-refractivity contribution in [2.45, 2.75) is 19.8 Å². The summed E-state index contributed by atoms with van der Waals surface area (Å²) in [6.07, 6.45) is 2.21. The zero-order valence-corrected chi connectivity index (χ0v) is 10.1. The predicted octanol–water partition coefficient (Wildman–Crippen LogP) is 3.03. The summed E-state index contributed by atoms with van der Waals surface area (Å²) in [4.78, 5) is 0. The number of benzene rings is 1. The first-order chi connectivity index (χ1) is 7.24. The van der Waals surface area contributed by atoms with Crippen LogP contribution < -0.4 is 10.1 Å². The van der Waals surface area contributed by atoms with Crippen molar-refractivity contribution < 1.29 is 4.74 Å². The molecule has 0 heterocycles. The second kappa shape index (κ2) is 6.70. The fourth-order valence-corrected chi connectivity index (χ4v) is 1.42. The van der Waals surface area contributed by atoms with Crippen molar-refractivity contribution >= 4 is 11.6 Å². The summed E-state index contributed by atoms with van der Waals surface area (Å²) in [5.41, 5.74) is 1.06. The van der Waals surface area contributed by atoms with Crippen molar-refractivity contribution in [3.8, 4) is 5.75 Å². The van der Waals surface area contributed by atoms with Crippen molar-refractivity contribution in [3.63, 3.8) is 0 Å². The molecule has 0 amide bonds. The van der Waals surface area contributed by atoms with Gasteiger partial charge in [-0.3, -0.25) is 0 Å². The Morgan fingerprint density at radius 3 is 2.80 bits per heavy atom. The van der Waals surface area contributed by atoms with Crippen LogP contribution in [0.3, 0.4) is 0 Å². The molecule has 0 spiro atoms. The lowest BCUT2D eigenvalue weighted by Gasteiger charge is -2.07. The number of unbranched alkanes of at least 4 members (excludes halogenated alkanes) is 1. The fraction of sp³-hybridized carbons (Fsp3) is 0.500. The molecule has 1 aromatic carbocycles. The van der Waals surface area contributed by atoms with Gasteiger partial charge in [-0.15, -0.1) is 0 Å². The number of halogens is 1. The van der Waals surface area contributed by atoms with Crippen LogP contribution in [0.2, 0.25) is 5.02 Å². The lowest BCUT2D eigenvalue weighted by molar-refractivity contribution is 0.306. The number of nitrogens with one attached hydrogen (secondary N) is 1. The van der Waals surface area contributed by atoms with E-state index >= 15 is 0 Å². The number of hydrogen-bond acceptors (Lipinski definition) is 2. The third kappa shape index (κ3) is 4.54. The van der Waals surface area contributed by atoms with Crippen molar-refractivity contribution in [2.75, 3.05) is 20.2 Å². The van der Waals surface area contributed by atoms with Gasteiger partial charge in [0, 0.05) is 5.02 Å². The zero-order chi connectivity index (χ0) is 11.1. The quantitative estimate of drug-likeness (QED) is 0.755. The second-order valence-corrected chi connectivity index (χ2v) is 3.98. The highest BCUT2D eigenvalue weighted by molar-refractivity contribution is 6.31. The van der Waals surface area contributed by atoms with Crippen LogP contribution in [-0.2, 0) is 0 Å². The molecule has 0 saturated heterocycles. The van der Waals surface area contributed by atoms with Gasteiger partial charge in [0.15, 0.2) is 0 Å². The largest absolute Gasteiger partial charge is 0.494 e. The van der Waals surface area contributed by atoms with Gasteiger partial charge >= 0.3 is 0 Å². The van der Waals surface area contributed by atoms with E-state index < -0.39 is 0 Å². The lowest BCUT2D eigenvalue weighted by atomic mass is 10.2. The third-order valence-electron chi connectivity index (χ3n) is 2.22. The van der Waals surface area contributed by atoms with Crippen molar-refractivity contribution in [2.24, 2.45) is 0 Å². The molecule has 0 saturated carbocycles. The summed E-state index contributed by atoms with van der Waals surface area (Å²) >= 11 is 5.92. The number of hydrogen-bond donors (Lipinski definition) is 1. The molecular formula is C12H18ClNO. The molecule has 1 N–H and O–H groups in total. The molecule has 0 aliphatic heterocycles. The maximum atomic E-state index is 5.92. The van der Waals surface area contributed by atoms with Gasteiger partial charge in [0.05, 0.1) is 6.61 Å². The molecule has 0 aromatic heterocycles. The van der Waals surface area contributed by atoms with E-state index in [9.17, 15) is 0 Å². The first-order valence-corrected chi connectivity index (χ1v) is 5.65. The van der Waals surface area contributed by atoms with E-state index in [2.05, 4.69) is 5.32 Å². The van der Waals surface area contributed by atoms with Gasteiger partial charge in [0.25, 0.3) is 0 Å². The number of rotatable bonds is 6. The molecule has 15 heavy (non-hydrogen) atoms. The van der Waals surface area contributed by atoms with E-state index in [1.54, 1.807) is 0 Å². The molecule has 0 unspecified atom stereocenters. The van der Waals surface area contributed by atoms with E-state index in [0.717, 1.165) is 42.3 Å². The van der Waals surface area contributed by atoms with Crippen LogP contribution in [0.5, 0.6) is 5.75 Å². The zero-order valence-electron chi connectivity index (χ0n) is 9.35. The van der Waals surface area contributed by atoms with Crippen LogP contribution in [0.25, 0.3) is 0 Å². The van der Waals surface area contributed by atoms with Gasteiger partial charge in [-0.2, -0.15) is 0 Å². The van der Waals surface area contributed by atoms with Gasteiger partial charge in [-0.25, -0.2) is 0 Å². The third-order valence-corrected chi connectivity index (χ3v) is 2.64. The van der Waals surface area contributed by atoms with Crippen LogP contribution in [0.15, 0.2) is 18.2 Å². The highest BCUT2D eigenvalue weighted by atomic mass is 35.5. The number of ether oxygens (including phenoxy) is 1.